The fourth-order valence-corrected chi connectivity index (χ4v) is 6.22. The van der Waals surface area contributed by atoms with E-state index in [1.165, 1.54) is 48.5 Å². The lowest BCUT2D eigenvalue weighted by Gasteiger charge is -2.11. The topological polar surface area (TPSA) is 78.8 Å². The van der Waals surface area contributed by atoms with E-state index in [0.29, 0.717) is 16.6 Å². The fraction of sp³-hybridized carbons (Fsp3) is 0.500. The summed E-state index contributed by atoms with van der Waals surface area (Å²) in [6, 6.07) is 18.4. The van der Waals surface area contributed by atoms with E-state index in [9.17, 15) is 13.0 Å². The van der Waals surface area contributed by atoms with Gasteiger partial charge >= 0.3 is 0 Å². The minimum Gasteiger partial charge on any atom is -0.714 e. The minimum atomic E-state index is -4.82. The SMILES string of the molecule is CCCC[S+](CCCC)Cc1ccccc1.CSc1ccc(/C(=N\OS(=O)(=O)[O-])C(C)C)cc1. The van der Waals surface area contributed by atoms with Gasteiger partial charge in [0.2, 0.25) is 0 Å². The van der Waals surface area contributed by atoms with Crippen LogP contribution in [-0.4, -0.2) is 36.4 Å². The van der Waals surface area contributed by atoms with E-state index in [2.05, 4.69) is 53.6 Å². The van der Waals surface area contributed by atoms with Gasteiger partial charge in [0, 0.05) is 10.5 Å². The second-order valence-corrected chi connectivity index (χ2v) is 12.4. The molecular formula is C26H39NO4S3. The predicted octanol–water partition coefficient (Wildman–Crippen LogP) is 6.65. The van der Waals surface area contributed by atoms with Crippen LogP contribution in [-0.2, 0) is 31.3 Å². The summed E-state index contributed by atoms with van der Waals surface area (Å²) in [7, 11) is -4.19. The van der Waals surface area contributed by atoms with Crippen molar-refractivity contribution in [3.05, 3.63) is 65.7 Å². The molecule has 0 amide bonds. The van der Waals surface area contributed by atoms with Crippen molar-refractivity contribution in [3.63, 3.8) is 0 Å². The molecule has 2 aromatic carbocycles. The molecule has 5 nitrogen and oxygen atoms in total. The first-order valence-electron chi connectivity index (χ1n) is 11.7. The zero-order chi connectivity index (χ0) is 25.4. The molecule has 2 aromatic rings. The molecule has 0 fully saturated rings. The van der Waals surface area contributed by atoms with Crippen LogP contribution >= 0.6 is 11.8 Å². The summed E-state index contributed by atoms with van der Waals surface area (Å²) >= 11 is 1.60. The van der Waals surface area contributed by atoms with Gasteiger partial charge in [-0.25, -0.2) is 0 Å². The van der Waals surface area contributed by atoms with Crippen molar-refractivity contribution in [2.24, 2.45) is 11.1 Å². The lowest BCUT2D eigenvalue weighted by molar-refractivity contribution is 0.273. The van der Waals surface area contributed by atoms with Gasteiger partial charge in [0.25, 0.3) is 10.4 Å². The van der Waals surface area contributed by atoms with Crippen LogP contribution in [0.2, 0.25) is 0 Å². The second-order valence-electron chi connectivity index (χ2n) is 8.20. The molecule has 0 spiro atoms. The second kappa shape index (κ2) is 17.0. The number of hydrogen-bond donors (Lipinski definition) is 0. The Morgan fingerprint density at radius 3 is 2.00 bits per heavy atom. The van der Waals surface area contributed by atoms with Crippen molar-refractivity contribution in [1.82, 2.24) is 0 Å². The molecule has 0 saturated carbocycles. The summed E-state index contributed by atoms with van der Waals surface area (Å²) in [6.45, 7) is 8.26. The summed E-state index contributed by atoms with van der Waals surface area (Å²) in [5.74, 6) is 4.12. The predicted molar refractivity (Wildman–Crippen MR) is 147 cm³/mol. The van der Waals surface area contributed by atoms with Gasteiger partial charge in [-0.3, -0.25) is 4.28 Å². The van der Waals surface area contributed by atoms with Crippen LogP contribution in [0.25, 0.3) is 0 Å². The first-order chi connectivity index (χ1) is 16.2. The summed E-state index contributed by atoms with van der Waals surface area (Å²) in [5, 5.41) is 3.43. The number of oxime groups is 1. The van der Waals surface area contributed by atoms with E-state index in [0.717, 1.165) is 10.5 Å². The van der Waals surface area contributed by atoms with Gasteiger partial charge in [0.15, 0.2) is 0 Å². The van der Waals surface area contributed by atoms with Crippen molar-refractivity contribution in [1.29, 1.82) is 0 Å². The molecule has 0 aliphatic rings. The molecule has 0 aliphatic carbocycles. The van der Waals surface area contributed by atoms with Crippen LogP contribution < -0.4 is 0 Å². The molecule has 0 aliphatic heterocycles. The standard InChI is InChI=1S/C15H25S.C11H15NO4S2/c1-3-5-12-16(13-6-4-2)14-15-10-8-7-9-11-15;1-8(2)11(12-16-18(13,14)15)9-4-6-10(17-3)7-5-9/h7-11H,3-6,12-14H2,1-2H3;4-8H,1-3H3,(H,13,14,15)/q+1;/p-1/b;12-11-. The zero-order valence-electron chi connectivity index (χ0n) is 21.0. The highest BCUT2D eigenvalue weighted by molar-refractivity contribution is 7.98. The van der Waals surface area contributed by atoms with Gasteiger partial charge in [0.1, 0.15) is 17.3 Å². The summed E-state index contributed by atoms with van der Waals surface area (Å²) in [4.78, 5) is 1.08. The first-order valence-corrected chi connectivity index (χ1v) is 16.0. The monoisotopic (exact) mass is 525 g/mol. The average molecular weight is 526 g/mol. The van der Waals surface area contributed by atoms with Gasteiger partial charge in [-0.1, -0.05) is 88.2 Å². The fourth-order valence-electron chi connectivity index (χ4n) is 3.09. The molecule has 0 saturated heterocycles. The van der Waals surface area contributed by atoms with E-state index in [4.69, 9.17) is 0 Å². The van der Waals surface area contributed by atoms with Crippen LogP contribution in [0.1, 0.15) is 64.5 Å². The highest BCUT2D eigenvalue weighted by Gasteiger charge is 2.17. The number of rotatable bonds is 13. The van der Waals surface area contributed by atoms with Gasteiger partial charge in [0.05, 0.1) is 5.71 Å². The Hall–Kier alpha value is -1.48. The van der Waals surface area contributed by atoms with E-state index in [1.807, 2.05) is 44.4 Å². The van der Waals surface area contributed by atoms with Crippen molar-refractivity contribution < 1.29 is 17.3 Å². The number of unbranched alkanes of at least 4 members (excludes halogenated alkanes) is 2. The van der Waals surface area contributed by atoms with Crippen molar-refractivity contribution in [3.8, 4) is 0 Å². The molecule has 0 atom stereocenters. The smallest absolute Gasteiger partial charge is 0.284 e. The Labute approximate surface area is 214 Å². The summed E-state index contributed by atoms with van der Waals surface area (Å²) in [5.41, 5.74) is 2.67. The molecule has 0 bridgehead atoms. The Balaban J connectivity index is 0.000000342. The molecule has 0 heterocycles. The normalized spacial score (nSPS) is 11.9. The Kier molecular flexibility index (Phi) is 15.3. The molecule has 0 aromatic heterocycles. The molecule has 8 heteroatoms. The quantitative estimate of drug-likeness (QED) is 0.0730. The third-order valence-electron chi connectivity index (χ3n) is 4.95. The van der Waals surface area contributed by atoms with Crippen molar-refractivity contribution >= 4 is 38.8 Å². The number of thioether (sulfide) groups is 1. The largest absolute Gasteiger partial charge is 0.714 e. The van der Waals surface area contributed by atoms with Gasteiger partial charge in [-0.15, -0.1) is 11.8 Å². The lowest BCUT2D eigenvalue weighted by Crippen LogP contribution is -2.14. The highest BCUT2D eigenvalue weighted by Crippen LogP contribution is 2.18. The van der Waals surface area contributed by atoms with Crippen LogP contribution in [0, 0.1) is 5.92 Å². The third kappa shape index (κ3) is 13.4. The van der Waals surface area contributed by atoms with Crippen LogP contribution in [0.3, 0.4) is 0 Å². The Morgan fingerprint density at radius 2 is 1.56 bits per heavy atom. The first kappa shape index (κ1) is 30.6. The Morgan fingerprint density at radius 1 is 1.00 bits per heavy atom. The molecule has 190 valence electrons. The minimum absolute atomic E-state index is 0.0631. The molecule has 0 N–H and O–H groups in total. The third-order valence-corrected chi connectivity index (χ3v) is 8.42. The van der Waals surface area contributed by atoms with Gasteiger partial charge < -0.3 is 4.55 Å². The van der Waals surface area contributed by atoms with Gasteiger partial charge in [-0.2, -0.15) is 8.42 Å². The zero-order valence-corrected chi connectivity index (χ0v) is 23.5. The maximum atomic E-state index is 10.4. The van der Waals surface area contributed by atoms with Crippen molar-refractivity contribution in [2.45, 2.75) is 64.0 Å². The summed E-state index contributed by atoms with van der Waals surface area (Å²) < 4.78 is 35.2. The van der Waals surface area contributed by atoms with Gasteiger partial charge in [-0.05, 0) is 53.6 Å². The molecule has 0 radical (unpaired) electrons. The average Bonchev–Trinajstić information content (AvgIpc) is 2.81. The molecular weight excluding hydrogens is 486 g/mol. The van der Waals surface area contributed by atoms with Crippen LogP contribution in [0.4, 0.5) is 0 Å². The summed E-state index contributed by atoms with van der Waals surface area (Å²) in [6.07, 6.45) is 7.44. The molecule has 2 rings (SSSR count). The van der Waals surface area contributed by atoms with E-state index in [1.54, 1.807) is 11.8 Å². The van der Waals surface area contributed by atoms with Crippen molar-refractivity contribution in [2.75, 3.05) is 17.8 Å². The Bertz CT molecular complexity index is 922. The number of nitrogens with zero attached hydrogens (tertiary/aromatic N) is 1. The van der Waals surface area contributed by atoms with E-state index >= 15 is 0 Å². The highest BCUT2D eigenvalue weighted by atomic mass is 32.3. The van der Waals surface area contributed by atoms with Crippen LogP contribution in [0.5, 0.6) is 0 Å². The van der Waals surface area contributed by atoms with E-state index in [-0.39, 0.29) is 5.92 Å². The lowest BCUT2D eigenvalue weighted by atomic mass is 10.0. The number of hydrogen-bond acceptors (Lipinski definition) is 6. The molecule has 0 unspecified atom stereocenters. The van der Waals surface area contributed by atoms with Crippen LogP contribution in [0.15, 0.2) is 64.6 Å². The molecule has 34 heavy (non-hydrogen) atoms. The van der Waals surface area contributed by atoms with E-state index < -0.39 is 10.4 Å². The maximum absolute atomic E-state index is 10.4. The number of benzene rings is 2. The maximum Gasteiger partial charge on any atom is 0.284 e.